The van der Waals surface area contributed by atoms with Gasteiger partial charge in [0.2, 0.25) is 0 Å². The van der Waals surface area contributed by atoms with Gasteiger partial charge in [-0.25, -0.2) is 17.2 Å². The highest BCUT2D eigenvalue weighted by molar-refractivity contribution is 7.93. The van der Waals surface area contributed by atoms with E-state index in [0.29, 0.717) is 44.1 Å². The van der Waals surface area contributed by atoms with E-state index in [1.54, 1.807) is 12.1 Å². The van der Waals surface area contributed by atoms with Gasteiger partial charge in [-0.2, -0.15) is 0 Å². The van der Waals surface area contributed by atoms with Crippen LogP contribution in [0.5, 0.6) is 0 Å². The minimum atomic E-state index is -3.52. The lowest BCUT2D eigenvalue weighted by atomic mass is 9.77. The molecular formula is C22H24F2O3S. The molecule has 2 aromatic carbocycles. The van der Waals surface area contributed by atoms with Gasteiger partial charge in [0.15, 0.2) is 9.84 Å². The van der Waals surface area contributed by atoms with Crippen molar-refractivity contribution in [2.24, 2.45) is 5.92 Å². The van der Waals surface area contributed by atoms with Crippen LogP contribution in [0.3, 0.4) is 0 Å². The van der Waals surface area contributed by atoms with Crippen LogP contribution in [0.2, 0.25) is 0 Å². The Kier molecular flexibility index (Phi) is 4.62. The van der Waals surface area contributed by atoms with Crippen molar-refractivity contribution in [2.75, 3.05) is 0 Å². The molecule has 2 fully saturated rings. The van der Waals surface area contributed by atoms with Crippen molar-refractivity contribution in [3.8, 4) is 11.1 Å². The summed E-state index contributed by atoms with van der Waals surface area (Å²) >= 11 is 0. The molecule has 0 heterocycles. The van der Waals surface area contributed by atoms with Gasteiger partial charge in [-0.1, -0.05) is 12.1 Å². The number of halogens is 2. The number of benzene rings is 2. The van der Waals surface area contributed by atoms with Gasteiger partial charge in [-0.3, -0.25) is 0 Å². The summed E-state index contributed by atoms with van der Waals surface area (Å²) in [5, 5.41) is 10.2. The summed E-state index contributed by atoms with van der Waals surface area (Å²) in [5.41, 5.74) is 0.0491. The van der Waals surface area contributed by atoms with Crippen LogP contribution >= 0.6 is 0 Å². The Balaban J connectivity index is 1.60. The summed E-state index contributed by atoms with van der Waals surface area (Å²) in [7, 11) is -3.52. The van der Waals surface area contributed by atoms with Crippen LogP contribution < -0.4 is 0 Å². The monoisotopic (exact) mass is 406 g/mol. The highest BCUT2D eigenvalue weighted by Crippen LogP contribution is 2.56. The van der Waals surface area contributed by atoms with E-state index in [0.717, 1.165) is 6.07 Å². The lowest BCUT2D eigenvalue weighted by Crippen LogP contribution is -2.39. The highest BCUT2D eigenvalue weighted by atomic mass is 32.2. The summed E-state index contributed by atoms with van der Waals surface area (Å²) in [6.07, 6.45) is 3.97. The number of rotatable bonds is 4. The minimum Gasteiger partial charge on any atom is -0.390 e. The first-order valence-electron chi connectivity index (χ1n) is 9.67. The topological polar surface area (TPSA) is 54.4 Å². The van der Waals surface area contributed by atoms with E-state index < -0.39 is 31.8 Å². The van der Waals surface area contributed by atoms with Crippen LogP contribution in [0.1, 0.15) is 45.4 Å². The van der Waals surface area contributed by atoms with Crippen LogP contribution in [-0.4, -0.2) is 23.9 Å². The van der Waals surface area contributed by atoms with Crippen molar-refractivity contribution in [1.29, 1.82) is 0 Å². The number of sulfone groups is 1. The molecule has 0 aromatic heterocycles. The van der Waals surface area contributed by atoms with Gasteiger partial charge >= 0.3 is 0 Å². The first kappa shape index (κ1) is 19.5. The van der Waals surface area contributed by atoms with Crippen molar-refractivity contribution < 1.29 is 22.3 Å². The first-order valence-corrected chi connectivity index (χ1v) is 11.2. The van der Waals surface area contributed by atoms with E-state index in [1.807, 2.05) is 6.92 Å². The van der Waals surface area contributed by atoms with E-state index in [4.69, 9.17) is 0 Å². The molecule has 150 valence electrons. The molecule has 28 heavy (non-hydrogen) atoms. The second-order valence-electron chi connectivity index (χ2n) is 8.49. The summed E-state index contributed by atoms with van der Waals surface area (Å²) in [6.45, 7) is 1.81. The minimum absolute atomic E-state index is 0.0620. The van der Waals surface area contributed by atoms with E-state index in [1.165, 1.54) is 24.3 Å². The molecule has 4 rings (SSSR count). The van der Waals surface area contributed by atoms with Gasteiger partial charge in [-0.05, 0) is 81.2 Å². The zero-order chi connectivity index (χ0) is 20.2. The summed E-state index contributed by atoms with van der Waals surface area (Å²) < 4.78 is 53.1. The molecule has 3 nitrogen and oxygen atoms in total. The SMILES string of the molecule is C[C@]1(O)CC[C@H](C2(S(=O)(=O)c3ccc(-c4ccc(F)cc4F)cc3)CC2)CC1. The summed E-state index contributed by atoms with van der Waals surface area (Å²) in [5.74, 6) is -1.27. The molecule has 1 N–H and O–H groups in total. The third kappa shape index (κ3) is 3.26. The van der Waals surface area contributed by atoms with Gasteiger partial charge in [0.05, 0.1) is 15.2 Å². The second-order valence-corrected chi connectivity index (χ2v) is 10.8. The van der Waals surface area contributed by atoms with Gasteiger partial charge in [0.25, 0.3) is 0 Å². The lowest BCUT2D eigenvalue weighted by molar-refractivity contribution is 0.00644. The predicted molar refractivity (Wildman–Crippen MR) is 104 cm³/mol. The second kappa shape index (κ2) is 6.63. The molecule has 2 aliphatic rings. The van der Waals surface area contributed by atoms with Crippen LogP contribution in [-0.2, 0) is 9.84 Å². The maximum absolute atomic E-state index is 14.0. The van der Waals surface area contributed by atoms with Crippen LogP contribution in [0.15, 0.2) is 47.4 Å². The predicted octanol–water partition coefficient (Wildman–Crippen LogP) is 4.88. The third-order valence-corrected chi connectivity index (χ3v) is 9.20. The molecule has 0 bridgehead atoms. The van der Waals surface area contributed by atoms with E-state index >= 15 is 0 Å². The van der Waals surface area contributed by atoms with Crippen LogP contribution in [0.25, 0.3) is 11.1 Å². The molecule has 0 spiro atoms. The van der Waals surface area contributed by atoms with Crippen molar-refractivity contribution in [2.45, 2.75) is 60.7 Å². The average molecular weight is 406 g/mol. The summed E-state index contributed by atoms with van der Waals surface area (Å²) in [4.78, 5) is 0.244. The molecule has 0 radical (unpaired) electrons. The molecule has 0 aliphatic heterocycles. The fraction of sp³-hybridized carbons (Fsp3) is 0.455. The van der Waals surface area contributed by atoms with Gasteiger partial charge in [0.1, 0.15) is 11.6 Å². The quantitative estimate of drug-likeness (QED) is 0.787. The molecule has 6 heteroatoms. The van der Waals surface area contributed by atoms with Crippen molar-refractivity contribution in [3.05, 3.63) is 54.1 Å². The Morgan fingerprint density at radius 3 is 2.11 bits per heavy atom. The normalized spacial score (nSPS) is 26.8. The van der Waals surface area contributed by atoms with Crippen molar-refractivity contribution in [3.63, 3.8) is 0 Å². The molecule has 2 aliphatic carbocycles. The van der Waals surface area contributed by atoms with Gasteiger partial charge in [-0.15, -0.1) is 0 Å². The standard InChI is InChI=1S/C22H24F2O3S/c1-21(25)10-8-16(9-11-21)22(12-13-22)28(26,27)18-5-2-15(3-6-18)19-7-4-17(23)14-20(19)24/h2-7,14,16,25H,8-13H2,1H3/t16-,21-. The van der Waals surface area contributed by atoms with E-state index in [2.05, 4.69) is 0 Å². The molecule has 2 aromatic rings. The van der Waals surface area contributed by atoms with Crippen LogP contribution in [0.4, 0.5) is 8.78 Å². The van der Waals surface area contributed by atoms with E-state index in [9.17, 15) is 22.3 Å². The zero-order valence-corrected chi connectivity index (χ0v) is 16.6. The molecule has 0 amide bonds. The van der Waals surface area contributed by atoms with Crippen LogP contribution in [0, 0.1) is 17.6 Å². The smallest absolute Gasteiger partial charge is 0.184 e. The highest BCUT2D eigenvalue weighted by Gasteiger charge is 2.60. The largest absolute Gasteiger partial charge is 0.390 e. The van der Waals surface area contributed by atoms with E-state index in [-0.39, 0.29) is 16.4 Å². The Morgan fingerprint density at radius 1 is 0.964 bits per heavy atom. The molecule has 2 saturated carbocycles. The zero-order valence-electron chi connectivity index (χ0n) is 15.8. The lowest BCUT2D eigenvalue weighted by Gasteiger charge is -2.37. The fourth-order valence-corrected chi connectivity index (χ4v) is 6.84. The first-order chi connectivity index (χ1) is 13.1. The van der Waals surface area contributed by atoms with Gasteiger partial charge < -0.3 is 5.11 Å². The third-order valence-electron chi connectivity index (χ3n) is 6.49. The number of hydrogen-bond donors (Lipinski definition) is 1. The number of aliphatic hydroxyl groups is 1. The maximum atomic E-state index is 14.0. The fourth-order valence-electron chi connectivity index (χ4n) is 4.56. The Morgan fingerprint density at radius 2 is 1.57 bits per heavy atom. The molecular weight excluding hydrogens is 382 g/mol. The Labute approximate surface area is 164 Å². The summed E-state index contributed by atoms with van der Waals surface area (Å²) in [6, 6.07) is 9.54. The molecule has 0 saturated heterocycles. The number of hydrogen-bond acceptors (Lipinski definition) is 3. The Bertz CT molecular complexity index is 983. The van der Waals surface area contributed by atoms with Gasteiger partial charge in [0, 0.05) is 11.6 Å². The molecule has 0 unspecified atom stereocenters. The average Bonchev–Trinajstić information content (AvgIpc) is 3.44. The maximum Gasteiger partial charge on any atom is 0.184 e. The van der Waals surface area contributed by atoms with Crippen molar-refractivity contribution in [1.82, 2.24) is 0 Å². The Hall–Kier alpha value is -1.79. The molecule has 0 atom stereocenters. The van der Waals surface area contributed by atoms with Crippen molar-refractivity contribution >= 4 is 9.84 Å².